The molecule has 3 aromatic rings. The van der Waals surface area contributed by atoms with E-state index in [1.54, 1.807) is 13.8 Å². The van der Waals surface area contributed by atoms with Crippen molar-refractivity contribution in [3.05, 3.63) is 101 Å². The molecule has 7 nitrogen and oxygen atoms in total. The number of hydrogen-bond donors (Lipinski definition) is 2. The van der Waals surface area contributed by atoms with E-state index in [1.807, 2.05) is 6.92 Å². The molecule has 7 heteroatoms. The topological polar surface area (TPSA) is 102 Å². The van der Waals surface area contributed by atoms with E-state index in [0.717, 1.165) is 46.8 Å². The number of carbonyl (C=O) groups is 2. The quantitative estimate of drug-likeness (QED) is 0.0499. The third-order valence-electron chi connectivity index (χ3n) is 12.2. The summed E-state index contributed by atoms with van der Waals surface area (Å²) in [6, 6.07) is 20.4. The molecule has 0 amide bonds. The zero-order valence-corrected chi connectivity index (χ0v) is 36.8. The van der Waals surface area contributed by atoms with Crippen LogP contribution in [0.5, 0.6) is 5.75 Å². The first-order chi connectivity index (χ1) is 28.5. The zero-order chi connectivity index (χ0) is 42.8. The molecule has 0 heterocycles. The van der Waals surface area contributed by atoms with Crippen LogP contribution in [0.4, 0.5) is 0 Å². The van der Waals surface area contributed by atoms with Crippen LogP contribution in [0.1, 0.15) is 140 Å². The van der Waals surface area contributed by atoms with E-state index >= 15 is 0 Å². The number of rotatable bonds is 25. The van der Waals surface area contributed by atoms with Crippen molar-refractivity contribution in [1.82, 2.24) is 0 Å². The number of aliphatic hydroxyl groups is 2. The lowest BCUT2D eigenvalue weighted by molar-refractivity contribution is -0.139. The second-order valence-corrected chi connectivity index (χ2v) is 17.0. The van der Waals surface area contributed by atoms with Crippen molar-refractivity contribution in [2.45, 2.75) is 137 Å². The van der Waals surface area contributed by atoms with Crippen molar-refractivity contribution >= 4 is 11.9 Å². The summed E-state index contributed by atoms with van der Waals surface area (Å²) >= 11 is 0. The maximum absolute atomic E-state index is 12.2. The first-order valence-electron chi connectivity index (χ1n) is 22.4. The number of ether oxygens (including phenoxy) is 3. The van der Waals surface area contributed by atoms with Gasteiger partial charge in [0.25, 0.3) is 0 Å². The molecule has 0 radical (unpaired) electrons. The molecule has 0 aromatic heterocycles. The third kappa shape index (κ3) is 13.9. The van der Waals surface area contributed by atoms with Crippen LogP contribution in [0, 0.1) is 11.3 Å². The van der Waals surface area contributed by atoms with Crippen LogP contribution in [-0.2, 0) is 38.3 Å². The molecular formula is C52H72O7. The molecule has 4 rings (SSSR count). The highest BCUT2D eigenvalue weighted by molar-refractivity contribution is 5.87. The fourth-order valence-electron chi connectivity index (χ4n) is 8.53. The van der Waals surface area contributed by atoms with Gasteiger partial charge in [0.15, 0.2) is 0 Å². The summed E-state index contributed by atoms with van der Waals surface area (Å²) in [5.41, 5.74) is 9.39. The summed E-state index contributed by atoms with van der Waals surface area (Å²) in [6.07, 6.45) is 14.5. The minimum Gasteiger partial charge on any atom is -0.493 e. The van der Waals surface area contributed by atoms with E-state index in [9.17, 15) is 19.8 Å². The molecule has 1 aliphatic carbocycles. The molecule has 0 saturated heterocycles. The maximum atomic E-state index is 12.2. The van der Waals surface area contributed by atoms with Crippen LogP contribution >= 0.6 is 0 Å². The highest BCUT2D eigenvalue weighted by Crippen LogP contribution is 2.40. The van der Waals surface area contributed by atoms with Crippen LogP contribution < -0.4 is 4.74 Å². The number of esters is 2. The molecule has 0 bridgehead atoms. The molecule has 322 valence electrons. The van der Waals surface area contributed by atoms with Gasteiger partial charge in [-0.25, -0.2) is 9.59 Å². The molecule has 1 saturated carbocycles. The van der Waals surface area contributed by atoms with E-state index in [-0.39, 0.29) is 26.4 Å². The van der Waals surface area contributed by atoms with Crippen LogP contribution in [0.3, 0.4) is 0 Å². The molecule has 1 aliphatic rings. The minimum atomic E-state index is -0.631. The van der Waals surface area contributed by atoms with Gasteiger partial charge >= 0.3 is 11.9 Å². The highest BCUT2D eigenvalue weighted by atomic mass is 16.5. The smallest absolute Gasteiger partial charge is 0.333 e. The van der Waals surface area contributed by atoms with Crippen molar-refractivity contribution in [2.24, 2.45) is 11.3 Å². The molecule has 0 unspecified atom stereocenters. The van der Waals surface area contributed by atoms with Gasteiger partial charge < -0.3 is 24.4 Å². The van der Waals surface area contributed by atoms with Crippen molar-refractivity contribution < 1.29 is 34.0 Å². The fourth-order valence-corrected chi connectivity index (χ4v) is 8.53. The Balaban J connectivity index is 1.66. The summed E-state index contributed by atoms with van der Waals surface area (Å²) in [5, 5.41) is 20.5. The first-order valence-corrected chi connectivity index (χ1v) is 22.4. The summed E-state index contributed by atoms with van der Waals surface area (Å²) in [5.74, 6) is 1.49. The Bertz CT molecular complexity index is 1760. The molecule has 59 heavy (non-hydrogen) atoms. The normalized spacial score (nSPS) is 15.4. The van der Waals surface area contributed by atoms with Crippen molar-refractivity contribution in [3.63, 3.8) is 0 Å². The van der Waals surface area contributed by atoms with Crippen LogP contribution in [0.25, 0.3) is 22.3 Å². The number of unbranched alkanes of at least 4 members (excludes halogenated alkanes) is 1. The summed E-state index contributed by atoms with van der Waals surface area (Å²) in [4.78, 5) is 24.4. The molecule has 0 atom stereocenters. The standard InChI is InChI=1S/C52H72O7/c1-8-11-14-39-17-19-41(20-18-39)42-21-23-43(24-22-42)44-25-26-48(40(10-3)32-44)47-33-45(15-12-29-58-50(55)37(4)5)49(57-31-28-52(35-53,36-54)27-9-2)46(34-47)16-13-30-59-51(56)38(6)7/h21-26,32-34,39,41,53-54H,4,6,8-20,27-31,35-36H2,1-3,5,7H3. The molecule has 3 aromatic carbocycles. The lowest BCUT2D eigenvalue weighted by atomic mass is 9.77. The van der Waals surface area contributed by atoms with Crippen molar-refractivity contribution in [1.29, 1.82) is 0 Å². The van der Waals surface area contributed by atoms with Crippen LogP contribution in [-0.4, -0.2) is 55.2 Å². The molecule has 0 spiro atoms. The van der Waals surface area contributed by atoms with E-state index in [0.29, 0.717) is 62.2 Å². The van der Waals surface area contributed by atoms with E-state index in [2.05, 4.69) is 81.6 Å². The van der Waals surface area contributed by atoms with Crippen molar-refractivity contribution in [3.8, 4) is 28.0 Å². The molecule has 1 fully saturated rings. The van der Waals surface area contributed by atoms with Crippen LogP contribution in [0.2, 0.25) is 0 Å². The SMILES string of the molecule is C=C(C)C(=O)OCCCc1cc(-c2ccc(-c3ccc(C4CCC(CCCC)CC4)cc3)cc2CC)cc(CCCOC(=O)C(=C)C)c1OCCC(CO)(CO)CCC. The largest absolute Gasteiger partial charge is 0.493 e. The summed E-state index contributed by atoms with van der Waals surface area (Å²) in [7, 11) is 0. The maximum Gasteiger partial charge on any atom is 0.333 e. The number of carbonyl (C=O) groups excluding carboxylic acids is 2. The van der Waals surface area contributed by atoms with Crippen molar-refractivity contribution in [2.75, 3.05) is 33.0 Å². The minimum absolute atomic E-state index is 0.123. The van der Waals surface area contributed by atoms with Gasteiger partial charge in [0.2, 0.25) is 0 Å². The van der Waals surface area contributed by atoms with E-state index in [1.165, 1.54) is 67.2 Å². The second kappa shape index (κ2) is 24.2. The predicted octanol–water partition coefficient (Wildman–Crippen LogP) is 11.7. The Kier molecular flexibility index (Phi) is 19.4. The molecular weight excluding hydrogens is 737 g/mol. The average Bonchev–Trinajstić information content (AvgIpc) is 3.25. The van der Waals surface area contributed by atoms with E-state index < -0.39 is 17.4 Å². The predicted molar refractivity (Wildman–Crippen MR) is 241 cm³/mol. The number of hydrogen-bond acceptors (Lipinski definition) is 7. The van der Waals surface area contributed by atoms with Gasteiger partial charge in [-0.05, 0) is 153 Å². The molecule has 0 aliphatic heterocycles. The number of aryl methyl sites for hydroxylation is 3. The summed E-state index contributed by atoms with van der Waals surface area (Å²) in [6.45, 7) is 17.8. The van der Waals surface area contributed by atoms with E-state index in [4.69, 9.17) is 14.2 Å². The lowest BCUT2D eigenvalue weighted by Gasteiger charge is -2.30. The summed E-state index contributed by atoms with van der Waals surface area (Å²) < 4.78 is 17.6. The lowest BCUT2D eigenvalue weighted by Crippen LogP contribution is -2.31. The zero-order valence-electron chi connectivity index (χ0n) is 36.8. The Hall–Kier alpha value is -4.20. The van der Waals surface area contributed by atoms with Gasteiger partial charge in [0.05, 0.1) is 33.0 Å². The number of benzene rings is 3. The van der Waals surface area contributed by atoms with Gasteiger partial charge in [0, 0.05) is 16.6 Å². The van der Waals surface area contributed by atoms with Crippen LogP contribution in [0.15, 0.2) is 78.9 Å². The Labute approximate surface area is 355 Å². The van der Waals surface area contributed by atoms with Gasteiger partial charge in [-0.2, -0.15) is 0 Å². The van der Waals surface area contributed by atoms with Gasteiger partial charge in [-0.1, -0.05) is 102 Å². The Morgan fingerprint density at radius 3 is 1.75 bits per heavy atom. The average molecular weight is 809 g/mol. The van der Waals surface area contributed by atoms with Gasteiger partial charge in [-0.15, -0.1) is 0 Å². The Morgan fingerprint density at radius 2 is 1.24 bits per heavy atom. The Morgan fingerprint density at radius 1 is 0.678 bits per heavy atom. The highest BCUT2D eigenvalue weighted by Gasteiger charge is 2.28. The fraction of sp³-hybridized carbons (Fsp3) is 0.538. The molecule has 2 N–H and O–H groups in total. The van der Waals surface area contributed by atoms with Gasteiger partial charge in [0.1, 0.15) is 5.75 Å². The monoisotopic (exact) mass is 809 g/mol. The first kappa shape index (κ1) is 47.5. The second-order valence-electron chi connectivity index (χ2n) is 17.0. The van der Waals surface area contributed by atoms with Gasteiger partial charge in [-0.3, -0.25) is 0 Å². The number of aliphatic hydroxyl groups excluding tert-OH is 2. The third-order valence-corrected chi connectivity index (χ3v) is 12.2.